The predicted octanol–water partition coefficient (Wildman–Crippen LogP) is 1.08. The van der Waals surface area contributed by atoms with Crippen LogP contribution in [0.4, 0.5) is 5.69 Å². The number of hydrogen-bond acceptors (Lipinski definition) is 4. The molecule has 0 saturated carbocycles. The van der Waals surface area contributed by atoms with Crippen LogP contribution in [0.5, 0.6) is 0 Å². The van der Waals surface area contributed by atoms with Crippen molar-refractivity contribution in [3.8, 4) is 0 Å². The maximum Gasteiger partial charge on any atom is 0.243 e. The van der Waals surface area contributed by atoms with Gasteiger partial charge < -0.3 is 10.2 Å². The number of carbonyl (C=O) groups is 2. The molecule has 0 heterocycles. The van der Waals surface area contributed by atoms with Gasteiger partial charge in [0.15, 0.2) is 0 Å². The van der Waals surface area contributed by atoms with Crippen molar-refractivity contribution in [2.75, 3.05) is 30.9 Å². The van der Waals surface area contributed by atoms with Crippen molar-refractivity contribution in [3.05, 3.63) is 29.8 Å². The van der Waals surface area contributed by atoms with Crippen LogP contribution in [0.2, 0.25) is 0 Å². The summed E-state index contributed by atoms with van der Waals surface area (Å²) in [6.07, 6.45) is 1.75. The van der Waals surface area contributed by atoms with Gasteiger partial charge >= 0.3 is 0 Å². The highest BCUT2D eigenvalue weighted by atomic mass is 32.2. The molecule has 1 aromatic rings. The summed E-state index contributed by atoms with van der Waals surface area (Å²) < 4.78 is 22.1. The fraction of sp³-hybridized carbons (Fsp3) is 0.467. The molecule has 0 radical (unpaired) electrons. The minimum Gasteiger partial charge on any atom is -0.336 e. The Labute approximate surface area is 131 Å². The lowest BCUT2D eigenvalue weighted by Gasteiger charge is -2.17. The molecule has 0 bridgehead atoms. The van der Waals surface area contributed by atoms with Gasteiger partial charge in [-0.3, -0.25) is 9.59 Å². The summed E-state index contributed by atoms with van der Waals surface area (Å²) in [7, 11) is -1.70. The molecule has 22 heavy (non-hydrogen) atoms. The number of sulfone groups is 1. The maximum absolute atomic E-state index is 12.0. The summed E-state index contributed by atoms with van der Waals surface area (Å²) in [4.78, 5) is 25.0. The normalized spacial score (nSPS) is 11.0. The Morgan fingerprint density at radius 1 is 1.23 bits per heavy atom. The first-order chi connectivity index (χ1) is 10.2. The Bertz CT molecular complexity index is 641. The Kier molecular flexibility index (Phi) is 6.55. The van der Waals surface area contributed by atoms with Crippen LogP contribution in [0.1, 0.15) is 18.9 Å². The van der Waals surface area contributed by atoms with Crippen molar-refractivity contribution in [2.24, 2.45) is 0 Å². The molecule has 0 aromatic heterocycles. The predicted molar refractivity (Wildman–Crippen MR) is 86.4 cm³/mol. The number of hydrogen-bond donors (Lipinski definition) is 1. The monoisotopic (exact) mass is 326 g/mol. The average Bonchev–Trinajstić information content (AvgIpc) is 2.44. The van der Waals surface area contributed by atoms with E-state index >= 15 is 0 Å². The van der Waals surface area contributed by atoms with Crippen molar-refractivity contribution in [1.82, 2.24) is 4.90 Å². The second-order valence-corrected chi connectivity index (χ2v) is 7.45. The Morgan fingerprint density at radius 3 is 2.45 bits per heavy atom. The van der Waals surface area contributed by atoms with Gasteiger partial charge in [0.1, 0.15) is 9.84 Å². The highest BCUT2D eigenvalue weighted by molar-refractivity contribution is 7.90. The van der Waals surface area contributed by atoms with Gasteiger partial charge in [-0.25, -0.2) is 8.42 Å². The zero-order valence-corrected chi connectivity index (χ0v) is 13.9. The smallest absolute Gasteiger partial charge is 0.243 e. The molecule has 0 fully saturated rings. The lowest BCUT2D eigenvalue weighted by Crippen LogP contribution is -2.35. The van der Waals surface area contributed by atoms with Crippen molar-refractivity contribution in [3.63, 3.8) is 0 Å². The summed E-state index contributed by atoms with van der Waals surface area (Å²) in [5.74, 6) is -0.892. The third-order valence-electron chi connectivity index (χ3n) is 3.17. The van der Waals surface area contributed by atoms with Gasteiger partial charge in [-0.1, -0.05) is 25.1 Å². The molecule has 0 aliphatic carbocycles. The molecule has 1 N–H and O–H groups in total. The number of anilines is 1. The second kappa shape index (κ2) is 7.93. The number of nitrogens with one attached hydrogen (secondary N) is 1. The number of amides is 2. The van der Waals surface area contributed by atoms with Crippen molar-refractivity contribution in [1.29, 1.82) is 0 Å². The first-order valence-electron chi connectivity index (χ1n) is 7.02. The molecule has 0 atom stereocenters. The van der Waals surface area contributed by atoms with Crippen molar-refractivity contribution < 1.29 is 18.0 Å². The van der Waals surface area contributed by atoms with Crippen LogP contribution >= 0.6 is 0 Å². The summed E-state index contributed by atoms with van der Waals surface area (Å²) >= 11 is 0. The van der Waals surface area contributed by atoms with Gasteiger partial charge in [0.05, 0.1) is 12.3 Å². The molecule has 1 aromatic carbocycles. The van der Waals surface area contributed by atoms with Crippen LogP contribution in [0.3, 0.4) is 0 Å². The lowest BCUT2D eigenvalue weighted by molar-refractivity contribution is -0.132. The molecule has 0 spiro atoms. The van der Waals surface area contributed by atoms with E-state index in [1.165, 1.54) is 11.9 Å². The zero-order valence-electron chi connectivity index (χ0n) is 13.1. The summed E-state index contributed by atoms with van der Waals surface area (Å²) in [6, 6.07) is 7.46. The summed E-state index contributed by atoms with van der Waals surface area (Å²) in [6.45, 7) is 1.88. The largest absolute Gasteiger partial charge is 0.336 e. The summed E-state index contributed by atoms with van der Waals surface area (Å²) in [5.41, 5.74) is 1.74. The van der Waals surface area contributed by atoms with Crippen molar-refractivity contribution in [2.45, 2.75) is 19.8 Å². The lowest BCUT2D eigenvalue weighted by atomic mass is 10.1. The van der Waals surface area contributed by atoms with Gasteiger partial charge in [0.25, 0.3) is 0 Å². The van der Waals surface area contributed by atoms with Gasteiger partial charge in [-0.05, 0) is 18.1 Å². The number of para-hydroxylation sites is 1. The fourth-order valence-corrected chi connectivity index (χ4v) is 2.45. The van der Waals surface area contributed by atoms with Crippen LogP contribution in [-0.2, 0) is 25.8 Å². The third-order valence-corrected chi connectivity index (χ3v) is 4.11. The molecular weight excluding hydrogens is 304 g/mol. The Hall–Kier alpha value is -1.89. The van der Waals surface area contributed by atoms with Gasteiger partial charge in [-0.2, -0.15) is 0 Å². The van der Waals surface area contributed by atoms with E-state index in [1.807, 2.05) is 31.2 Å². The maximum atomic E-state index is 12.0. The molecule has 1 rings (SSSR count). The highest BCUT2D eigenvalue weighted by Crippen LogP contribution is 2.15. The molecule has 0 unspecified atom stereocenters. The van der Waals surface area contributed by atoms with Crippen LogP contribution in [0.25, 0.3) is 0 Å². The van der Waals surface area contributed by atoms with E-state index in [2.05, 4.69) is 5.32 Å². The van der Waals surface area contributed by atoms with E-state index in [0.717, 1.165) is 23.9 Å². The molecule has 0 saturated heterocycles. The van der Waals surface area contributed by atoms with Crippen LogP contribution in [0, 0.1) is 0 Å². The minimum absolute atomic E-state index is 0.110. The van der Waals surface area contributed by atoms with E-state index in [4.69, 9.17) is 0 Å². The molecule has 0 aliphatic rings. The first kappa shape index (κ1) is 18.2. The Morgan fingerprint density at radius 2 is 1.86 bits per heavy atom. The summed E-state index contributed by atoms with van der Waals surface area (Å²) in [5, 5.41) is 2.77. The standard InChI is InChI=1S/C15H22N2O4S/c1-4-12-7-5-6-8-13(12)16-14(18)11-17(2)15(19)9-10-22(3,20)21/h5-8H,4,9-11H2,1-3H3,(H,16,18). The van der Waals surface area contributed by atoms with Crippen molar-refractivity contribution >= 4 is 27.3 Å². The van der Waals surface area contributed by atoms with E-state index in [1.54, 1.807) is 0 Å². The van der Waals surface area contributed by atoms with E-state index in [-0.39, 0.29) is 30.5 Å². The minimum atomic E-state index is -3.19. The van der Waals surface area contributed by atoms with Gasteiger partial charge in [-0.15, -0.1) is 0 Å². The number of likely N-dealkylation sites (N-methyl/N-ethyl adjacent to an activating group) is 1. The zero-order chi connectivity index (χ0) is 16.8. The fourth-order valence-electron chi connectivity index (χ4n) is 1.91. The van der Waals surface area contributed by atoms with E-state index in [9.17, 15) is 18.0 Å². The number of aryl methyl sites for hydroxylation is 1. The van der Waals surface area contributed by atoms with Crippen LogP contribution in [-0.4, -0.2) is 50.7 Å². The molecule has 122 valence electrons. The SMILES string of the molecule is CCc1ccccc1NC(=O)CN(C)C(=O)CCS(C)(=O)=O. The topological polar surface area (TPSA) is 83.6 Å². The van der Waals surface area contributed by atoms with Gasteiger partial charge in [0, 0.05) is 25.4 Å². The number of nitrogens with zero attached hydrogens (tertiary/aromatic N) is 1. The number of rotatable bonds is 7. The highest BCUT2D eigenvalue weighted by Gasteiger charge is 2.15. The molecule has 7 heteroatoms. The molecule has 6 nitrogen and oxygen atoms in total. The third kappa shape index (κ3) is 6.26. The molecule has 2 amide bonds. The second-order valence-electron chi connectivity index (χ2n) is 5.19. The van der Waals surface area contributed by atoms with Crippen LogP contribution < -0.4 is 5.32 Å². The molecule has 0 aliphatic heterocycles. The van der Waals surface area contributed by atoms with E-state index in [0.29, 0.717) is 0 Å². The number of carbonyl (C=O) groups excluding carboxylic acids is 2. The number of benzene rings is 1. The quantitative estimate of drug-likeness (QED) is 0.813. The average molecular weight is 326 g/mol. The molecular formula is C15H22N2O4S. The van der Waals surface area contributed by atoms with E-state index < -0.39 is 9.84 Å². The Balaban J connectivity index is 2.55. The van der Waals surface area contributed by atoms with Crippen LogP contribution in [0.15, 0.2) is 24.3 Å². The first-order valence-corrected chi connectivity index (χ1v) is 9.08. The van der Waals surface area contributed by atoms with Gasteiger partial charge in [0.2, 0.25) is 11.8 Å².